The average Bonchev–Trinajstić information content (AvgIpc) is 2.84. The van der Waals surface area contributed by atoms with Crippen LogP contribution in [0.4, 0.5) is 0 Å². The molecular formula is C11H16N2OS. The summed E-state index contributed by atoms with van der Waals surface area (Å²) >= 11 is 5.01. The molecule has 0 saturated heterocycles. The van der Waals surface area contributed by atoms with Gasteiger partial charge in [-0.2, -0.15) is 0 Å². The van der Waals surface area contributed by atoms with E-state index in [2.05, 4.69) is 23.0 Å². The Kier molecular flexibility index (Phi) is 3.07. The first-order valence-corrected chi connectivity index (χ1v) is 5.68. The minimum absolute atomic E-state index is 0.201. The van der Waals surface area contributed by atoms with Crippen LogP contribution in [0.15, 0.2) is 17.8 Å². The topological polar surface area (TPSA) is 51.8 Å². The summed E-state index contributed by atoms with van der Waals surface area (Å²) < 4.78 is 0.685. The third kappa shape index (κ3) is 2.21. The first-order chi connectivity index (χ1) is 7.20. The Balaban J connectivity index is 2.04. The summed E-state index contributed by atoms with van der Waals surface area (Å²) in [4.78, 5) is 6.15. The maximum Gasteiger partial charge on any atom is 0.174 e. The number of hydrogen-bond donors (Lipinski definition) is 3. The lowest BCUT2D eigenvalue weighted by Crippen LogP contribution is -2.07. The SMILES string of the molecule is CC(c1c[nH]c(=S)[nH]1)C1CC=C(CO)C1. The van der Waals surface area contributed by atoms with Gasteiger partial charge in [-0.25, -0.2) is 0 Å². The van der Waals surface area contributed by atoms with Gasteiger partial charge in [-0.05, 0) is 36.6 Å². The number of aromatic amines is 2. The molecule has 0 aromatic carbocycles. The first kappa shape index (κ1) is 10.6. The molecular weight excluding hydrogens is 208 g/mol. The van der Waals surface area contributed by atoms with Crippen molar-refractivity contribution >= 4 is 12.2 Å². The number of hydrogen-bond acceptors (Lipinski definition) is 2. The van der Waals surface area contributed by atoms with Crippen LogP contribution < -0.4 is 0 Å². The molecule has 1 heterocycles. The van der Waals surface area contributed by atoms with Crippen molar-refractivity contribution in [1.29, 1.82) is 0 Å². The van der Waals surface area contributed by atoms with E-state index < -0.39 is 0 Å². The van der Waals surface area contributed by atoms with E-state index >= 15 is 0 Å². The van der Waals surface area contributed by atoms with Gasteiger partial charge in [-0.15, -0.1) is 0 Å². The Labute approximate surface area is 94.2 Å². The van der Waals surface area contributed by atoms with E-state index in [1.165, 1.54) is 5.57 Å². The largest absolute Gasteiger partial charge is 0.392 e. The average molecular weight is 224 g/mol. The van der Waals surface area contributed by atoms with Gasteiger partial charge in [-0.1, -0.05) is 13.0 Å². The maximum atomic E-state index is 9.04. The van der Waals surface area contributed by atoms with E-state index in [9.17, 15) is 0 Å². The second kappa shape index (κ2) is 4.33. The second-order valence-electron chi connectivity index (χ2n) is 4.21. The summed E-state index contributed by atoms with van der Waals surface area (Å²) in [6.45, 7) is 2.40. The van der Waals surface area contributed by atoms with E-state index in [1.807, 2.05) is 6.20 Å². The molecule has 0 saturated carbocycles. The summed E-state index contributed by atoms with van der Waals surface area (Å²) in [6.07, 6.45) is 6.17. The van der Waals surface area contributed by atoms with E-state index in [0.29, 0.717) is 16.6 Å². The van der Waals surface area contributed by atoms with Crippen LogP contribution in [0.25, 0.3) is 0 Å². The highest BCUT2D eigenvalue weighted by Crippen LogP contribution is 2.35. The van der Waals surface area contributed by atoms with Gasteiger partial charge in [0.25, 0.3) is 0 Å². The van der Waals surface area contributed by atoms with Gasteiger partial charge >= 0.3 is 0 Å². The van der Waals surface area contributed by atoms with Gasteiger partial charge in [0.15, 0.2) is 4.77 Å². The predicted molar refractivity (Wildman–Crippen MR) is 62.3 cm³/mol. The van der Waals surface area contributed by atoms with Crippen LogP contribution >= 0.6 is 12.2 Å². The molecule has 1 aliphatic carbocycles. The van der Waals surface area contributed by atoms with Crippen molar-refractivity contribution in [1.82, 2.24) is 9.97 Å². The van der Waals surface area contributed by atoms with Crippen molar-refractivity contribution in [3.8, 4) is 0 Å². The molecule has 1 aliphatic rings. The predicted octanol–water partition coefficient (Wildman–Crippen LogP) is 2.50. The Morgan fingerprint density at radius 1 is 1.67 bits per heavy atom. The van der Waals surface area contributed by atoms with Crippen LogP contribution in [-0.2, 0) is 0 Å². The van der Waals surface area contributed by atoms with E-state index in [0.717, 1.165) is 18.5 Å². The molecule has 3 nitrogen and oxygen atoms in total. The van der Waals surface area contributed by atoms with Crippen molar-refractivity contribution in [2.75, 3.05) is 6.61 Å². The number of aromatic nitrogens is 2. The monoisotopic (exact) mass is 224 g/mol. The van der Waals surface area contributed by atoms with Gasteiger partial charge in [0, 0.05) is 17.8 Å². The van der Waals surface area contributed by atoms with Gasteiger partial charge in [-0.3, -0.25) is 0 Å². The molecule has 15 heavy (non-hydrogen) atoms. The molecule has 4 heteroatoms. The Morgan fingerprint density at radius 2 is 2.47 bits per heavy atom. The quantitative estimate of drug-likeness (QED) is 0.546. The minimum atomic E-state index is 0.201. The lowest BCUT2D eigenvalue weighted by Gasteiger charge is -2.17. The third-order valence-electron chi connectivity index (χ3n) is 3.25. The molecule has 0 aliphatic heterocycles. The fraction of sp³-hybridized carbons (Fsp3) is 0.545. The van der Waals surface area contributed by atoms with Gasteiger partial charge < -0.3 is 15.1 Å². The molecule has 1 aromatic heterocycles. The Bertz CT molecular complexity index is 418. The molecule has 0 amide bonds. The molecule has 1 aromatic rings. The molecule has 3 N–H and O–H groups in total. The molecule has 0 bridgehead atoms. The van der Waals surface area contributed by atoms with Crippen molar-refractivity contribution < 1.29 is 5.11 Å². The number of aliphatic hydroxyl groups is 1. The number of rotatable bonds is 3. The minimum Gasteiger partial charge on any atom is -0.392 e. The fourth-order valence-corrected chi connectivity index (χ4v) is 2.35. The summed E-state index contributed by atoms with van der Waals surface area (Å²) in [6, 6.07) is 0. The molecule has 0 spiro atoms. The number of nitrogens with one attached hydrogen (secondary N) is 2. The van der Waals surface area contributed by atoms with E-state index in [-0.39, 0.29) is 6.61 Å². The van der Waals surface area contributed by atoms with Crippen molar-refractivity contribution in [2.45, 2.75) is 25.7 Å². The molecule has 2 unspecified atom stereocenters. The smallest absolute Gasteiger partial charge is 0.174 e. The van der Waals surface area contributed by atoms with E-state index in [4.69, 9.17) is 17.3 Å². The van der Waals surface area contributed by atoms with Crippen LogP contribution in [0.1, 0.15) is 31.4 Å². The Morgan fingerprint density at radius 3 is 3.00 bits per heavy atom. The van der Waals surface area contributed by atoms with Crippen LogP contribution in [0.5, 0.6) is 0 Å². The Hall–Kier alpha value is -0.870. The summed E-state index contributed by atoms with van der Waals surface area (Å²) in [5.74, 6) is 1.05. The molecule has 82 valence electrons. The zero-order valence-corrected chi connectivity index (χ0v) is 9.60. The molecule has 2 rings (SSSR count). The number of aliphatic hydroxyl groups excluding tert-OH is 1. The highest BCUT2D eigenvalue weighted by molar-refractivity contribution is 7.71. The third-order valence-corrected chi connectivity index (χ3v) is 3.47. The highest BCUT2D eigenvalue weighted by atomic mass is 32.1. The zero-order chi connectivity index (χ0) is 10.8. The van der Waals surface area contributed by atoms with Gasteiger partial charge in [0.1, 0.15) is 0 Å². The van der Waals surface area contributed by atoms with Crippen molar-refractivity contribution in [2.24, 2.45) is 5.92 Å². The van der Waals surface area contributed by atoms with Crippen molar-refractivity contribution in [3.63, 3.8) is 0 Å². The molecule has 0 radical (unpaired) electrons. The van der Waals surface area contributed by atoms with Crippen molar-refractivity contribution in [3.05, 3.63) is 28.3 Å². The standard InChI is InChI=1S/C11H16N2OS/c1-7(10-5-12-11(15)13-10)9-3-2-8(4-9)6-14/h2,5,7,9,14H,3-4,6H2,1H3,(H2,12,13,15). The first-order valence-electron chi connectivity index (χ1n) is 5.27. The normalized spacial score (nSPS) is 22.8. The van der Waals surface area contributed by atoms with Gasteiger partial charge in [0.2, 0.25) is 0 Å². The summed E-state index contributed by atoms with van der Waals surface area (Å²) in [5.41, 5.74) is 2.33. The van der Waals surface area contributed by atoms with Gasteiger partial charge in [0.05, 0.1) is 6.61 Å². The van der Waals surface area contributed by atoms with E-state index in [1.54, 1.807) is 0 Å². The number of imidazole rings is 1. The zero-order valence-electron chi connectivity index (χ0n) is 8.79. The fourth-order valence-electron chi connectivity index (χ4n) is 2.18. The van der Waals surface area contributed by atoms with Crippen LogP contribution in [0.3, 0.4) is 0 Å². The lowest BCUT2D eigenvalue weighted by molar-refractivity contribution is 0.322. The molecule has 2 atom stereocenters. The van der Waals surface area contributed by atoms with Crippen LogP contribution in [-0.4, -0.2) is 21.7 Å². The maximum absolute atomic E-state index is 9.04. The van der Waals surface area contributed by atoms with Crippen LogP contribution in [0, 0.1) is 10.7 Å². The molecule has 0 fully saturated rings. The van der Waals surface area contributed by atoms with Crippen LogP contribution in [0.2, 0.25) is 0 Å². The second-order valence-corrected chi connectivity index (χ2v) is 4.62. The number of allylic oxidation sites excluding steroid dienone is 1. The number of H-pyrrole nitrogens is 2. The summed E-state index contributed by atoms with van der Waals surface area (Å²) in [5, 5.41) is 9.04. The highest BCUT2D eigenvalue weighted by Gasteiger charge is 2.24. The summed E-state index contributed by atoms with van der Waals surface area (Å²) in [7, 11) is 0. The lowest BCUT2D eigenvalue weighted by atomic mass is 9.89.